The van der Waals surface area contributed by atoms with Gasteiger partial charge in [-0.2, -0.15) is 0 Å². The number of carbonyl (C=O) groups excluding carboxylic acids is 1. The first-order valence-electron chi connectivity index (χ1n) is 11.7. The van der Waals surface area contributed by atoms with Crippen LogP contribution in [0.2, 0.25) is 0 Å². The summed E-state index contributed by atoms with van der Waals surface area (Å²) in [6.45, 7) is 0.467. The van der Waals surface area contributed by atoms with E-state index in [0.29, 0.717) is 25.0 Å². The number of benzene rings is 1. The first-order valence-corrected chi connectivity index (χ1v) is 13.6. The molecule has 5 rings (SSSR count). The normalized spacial score (nSPS) is 18.8. The molecule has 1 aromatic heterocycles. The second-order valence-electron chi connectivity index (χ2n) is 9.32. The largest absolute Gasteiger partial charge is 0.335 e. The van der Waals surface area contributed by atoms with E-state index in [9.17, 15) is 13.2 Å². The molecule has 0 radical (unpaired) electrons. The van der Waals surface area contributed by atoms with Crippen LogP contribution in [0, 0.1) is 0 Å². The van der Waals surface area contributed by atoms with Gasteiger partial charge in [-0.25, -0.2) is 17.6 Å². The fourth-order valence-corrected chi connectivity index (χ4v) is 5.68. The average molecular weight is 482 g/mol. The minimum absolute atomic E-state index is 0.0133. The maximum Gasteiger partial charge on any atom is 0.318 e. The molecule has 2 aliphatic carbocycles. The molecule has 1 saturated carbocycles. The Hall–Kier alpha value is -3.00. The van der Waals surface area contributed by atoms with Gasteiger partial charge < -0.3 is 10.2 Å². The second kappa shape index (κ2) is 8.98. The van der Waals surface area contributed by atoms with Crippen LogP contribution in [0.15, 0.2) is 58.9 Å². The molecule has 1 N–H and O–H groups in total. The molecule has 0 unspecified atom stereocenters. The smallest absolute Gasteiger partial charge is 0.318 e. The van der Waals surface area contributed by atoms with Gasteiger partial charge in [-0.1, -0.05) is 31.1 Å². The third-order valence-corrected chi connectivity index (χ3v) is 8.09. The molecule has 8 heteroatoms. The topological polar surface area (TPSA) is 79.4 Å². The average Bonchev–Trinajstić information content (AvgIpc) is 3.48. The zero-order valence-electron chi connectivity index (χ0n) is 19.2. The van der Waals surface area contributed by atoms with Crippen LogP contribution in [0.5, 0.6) is 0 Å². The highest BCUT2D eigenvalue weighted by Gasteiger charge is 2.29. The highest BCUT2D eigenvalue weighted by Crippen LogP contribution is 2.39. The van der Waals surface area contributed by atoms with E-state index in [2.05, 4.69) is 10.3 Å². The fraction of sp³-hybridized carbons (Fsp3) is 0.385. The Morgan fingerprint density at radius 1 is 1.15 bits per heavy atom. The van der Waals surface area contributed by atoms with Crippen molar-refractivity contribution in [3.05, 3.63) is 65.3 Å². The number of urea groups is 1. The fourth-order valence-electron chi connectivity index (χ4n) is 5.05. The van der Waals surface area contributed by atoms with Gasteiger partial charge in [-0.15, -0.1) is 0 Å². The number of fused-ring (bicyclic) bond motifs is 1. The Labute approximate surface area is 199 Å². The van der Waals surface area contributed by atoms with Gasteiger partial charge in [0.1, 0.15) is 5.83 Å². The second-order valence-corrected chi connectivity index (χ2v) is 11.3. The summed E-state index contributed by atoms with van der Waals surface area (Å²) in [5, 5.41) is 3.04. The predicted molar refractivity (Wildman–Crippen MR) is 130 cm³/mol. The van der Waals surface area contributed by atoms with Crippen molar-refractivity contribution in [1.82, 2.24) is 15.2 Å². The van der Waals surface area contributed by atoms with E-state index >= 15 is 4.39 Å². The maximum absolute atomic E-state index is 15.2. The molecule has 0 atom stereocenters. The molecule has 1 fully saturated rings. The van der Waals surface area contributed by atoms with Crippen LogP contribution in [0.4, 0.5) is 9.18 Å². The molecule has 1 aliphatic heterocycles. The molecule has 178 valence electrons. The molecular weight excluding hydrogens is 453 g/mol. The SMILES string of the molecule is CS(=O)(=O)c1ccc(-c2cnc3c(c2)C(C2=C(F)CN(C(=O)NC4CCCC4)CC2)=CC3)cc1. The van der Waals surface area contributed by atoms with Crippen molar-refractivity contribution in [1.29, 1.82) is 0 Å². The van der Waals surface area contributed by atoms with E-state index in [0.717, 1.165) is 53.6 Å². The number of sulfone groups is 1. The van der Waals surface area contributed by atoms with E-state index in [1.54, 1.807) is 35.4 Å². The molecular formula is C26H28FN3O3S. The number of hydrogen-bond acceptors (Lipinski definition) is 4. The van der Waals surface area contributed by atoms with Gasteiger partial charge in [-0.05, 0) is 54.2 Å². The molecule has 34 heavy (non-hydrogen) atoms. The van der Waals surface area contributed by atoms with Gasteiger partial charge in [0.25, 0.3) is 0 Å². The number of pyridine rings is 1. The summed E-state index contributed by atoms with van der Waals surface area (Å²) in [7, 11) is -3.26. The third kappa shape index (κ3) is 4.51. The molecule has 2 aromatic rings. The van der Waals surface area contributed by atoms with Crippen LogP contribution < -0.4 is 5.32 Å². The Balaban J connectivity index is 1.35. The monoisotopic (exact) mass is 481 g/mol. The number of hydrogen-bond donors (Lipinski definition) is 1. The zero-order valence-corrected chi connectivity index (χ0v) is 20.0. The Kier molecular flexibility index (Phi) is 6.02. The minimum Gasteiger partial charge on any atom is -0.335 e. The maximum atomic E-state index is 15.2. The molecule has 1 aromatic carbocycles. The van der Waals surface area contributed by atoms with E-state index in [1.165, 1.54) is 6.26 Å². The molecule has 6 nitrogen and oxygen atoms in total. The lowest BCUT2D eigenvalue weighted by Gasteiger charge is -2.29. The van der Waals surface area contributed by atoms with E-state index in [4.69, 9.17) is 0 Å². The number of rotatable bonds is 4. The summed E-state index contributed by atoms with van der Waals surface area (Å²) in [5.74, 6) is -0.269. The van der Waals surface area contributed by atoms with Crippen LogP contribution in [0.1, 0.15) is 43.4 Å². The van der Waals surface area contributed by atoms with Crippen molar-refractivity contribution in [3.8, 4) is 11.1 Å². The summed E-state index contributed by atoms with van der Waals surface area (Å²) in [4.78, 5) is 19.0. The number of allylic oxidation sites excluding steroid dienone is 2. The molecule has 0 saturated heterocycles. The minimum atomic E-state index is -3.26. The summed E-state index contributed by atoms with van der Waals surface area (Å²) < 4.78 is 38.7. The van der Waals surface area contributed by atoms with Gasteiger partial charge >= 0.3 is 6.03 Å². The number of nitrogens with one attached hydrogen (secondary N) is 1. The van der Waals surface area contributed by atoms with Crippen LogP contribution in [0.3, 0.4) is 0 Å². The van der Waals surface area contributed by atoms with E-state index in [-0.39, 0.29) is 29.3 Å². The van der Waals surface area contributed by atoms with Gasteiger partial charge in [0.2, 0.25) is 0 Å². The van der Waals surface area contributed by atoms with Crippen molar-refractivity contribution in [2.75, 3.05) is 19.3 Å². The molecule has 0 spiro atoms. The molecule has 2 amide bonds. The van der Waals surface area contributed by atoms with Gasteiger partial charge in [0.05, 0.1) is 17.1 Å². The number of halogens is 1. The lowest BCUT2D eigenvalue weighted by molar-refractivity contribution is 0.192. The summed E-state index contributed by atoms with van der Waals surface area (Å²) in [6.07, 6.45) is 10.3. The molecule has 0 bridgehead atoms. The van der Waals surface area contributed by atoms with Crippen molar-refractivity contribution in [3.63, 3.8) is 0 Å². The van der Waals surface area contributed by atoms with E-state index < -0.39 is 9.84 Å². The Bertz CT molecular complexity index is 1290. The first kappa shape index (κ1) is 22.8. The van der Waals surface area contributed by atoms with Gasteiger partial charge in [-0.3, -0.25) is 4.98 Å². The summed E-state index contributed by atoms with van der Waals surface area (Å²) in [5.41, 5.74) is 5.00. The van der Waals surface area contributed by atoms with E-state index in [1.807, 2.05) is 12.1 Å². The van der Waals surface area contributed by atoms with Crippen LogP contribution >= 0.6 is 0 Å². The highest BCUT2D eigenvalue weighted by molar-refractivity contribution is 7.90. The number of nitrogens with zero attached hydrogens (tertiary/aromatic N) is 2. The lowest BCUT2D eigenvalue weighted by Crippen LogP contribution is -2.46. The van der Waals surface area contributed by atoms with Gasteiger partial charge in [0, 0.05) is 42.6 Å². The predicted octanol–water partition coefficient (Wildman–Crippen LogP) is 4.67. The van der Waals surface area contributed by atoms with Crippen LogP contribution in [0.25, 0.3) is 16.7 Å². The van der Waals surface area contributed by atoms with Crippen molar-refractivity contribution < 1.29 is 17.6 Å². The van der Waals surface area contributed by atoms with Gasteiger partial charge in [0.15, 0.2) is 9.84 Å². The standard InChI is InChI=1S/C26H28FN3O3S/c1-34(32,33)20-8-6-17(7-9-20)18-14-23-21(10-11-25(23)28-15-18)22-12-13-30(16-24(22)27)26(31)29-19-4-2-3-5-19/h6-10,14-15,19H,2-5,11-13,16H2,1H3,(H,29,31). The molecule has 3 aliphatic rings. The highest BCUT2D eigenvalue weighted by atomic mass is 32.2. The van der Waals surface area contributed by atoms with Crippen LogP contribution in [-0.2, 0) is 16.3 Å². The number of amides is 2. The number of carbonyl (C=O) groups is 1. The first-order chi connectivity index (χ1) is 16.3. The third-order valence-electron chi connectivity index (χ3n) is 6.96. The molecule has 2 heterocycles. The number of aromatic nitrogens is 1. The quantitative estimate of drug-likeness (QED) is 0.688. The Morgan fingerprint density at radius 2 is 1.88 bits per heavy atom. The van der Waals surface area contributed by atoms with Crippen molar-refractivity contribution >= 4 is 21.4 Å². The lowest BCUT2D eigenvalue weighted by atomic mass is 9.93. The van der Waals surface area contributed by atoms with Crippen molar-refractivity contribution in [2.24, 2.45) is 0 Å². The van der Waals surface area contributed by atoms with Crippen molar-refractivity contribution in [2.45, 2.75) is 49.5 Å². The Morgan fingerprint density at radius 3 is 2.56 bits per heavy atom. The summed E-state index contributed by atoms with van der Waals surface area (Å²) >= 11 is 0. The zero-order chi connectivity index (χ0) is 23.9. The van der Waals surface area contributed by atoms with Crippen LogP contribution in [-0.4, -0.2) is 49.7 Å². The summed E-state index contributed by atoms with van der Waals surface area (Å²) in [6, 6.07) is 8.73.